The first kappa shape index (κ1) is 22.7. The van der Waals surface area contributed by atoms with Gasteiger partial charge in [0.2, 0.25) is 0 Å². The number of fused-ring (bicyclic) bond motifs is 3. The van der Waals surface area contributed by atoms with Gasteiger partial charge < -0.3 is 29.9 Å². The maximum Gasteiger partial charge on any atom is 0.303 e. The molecule has 0 aromatic carbocycles. The van der Waals surface area contributed by atoms with Crippen LogP contribution in [0.2, 0.25) is 0 Å². The smallest absolute Gasteiger partial charge is 0.303 e. The van der Waals surface area contributed by atoms with Gasteiger partial charge in [-0.05, 0) is 32.1 Å². The van der Waals surface area contributed by atoms with E-state index in [1.165, 1.54) is 19.9 Å². The highest BCUT2D eigenvalue weighted by atomic mass is 16.6. The Morgan fingerprint density at radius 1 is 1.14 bits per heavy atom. The fourth-order valence-corrected chi connectivity index (χ4v) is 6.85. The number of ether oxygens (including phenoxy) is 2. The van der Waals surface area contributed by atoms with E-state index < -0.39 is 63.9 Å². The van der Waals surface area contributed by atoms with Gasteiger partial charge in [0.25, 0.3) is 0 Å². The summed E-state index contributed by atoms with van der Waals surface area (Å²) in [4.78, 5) is 12.0. The SMILES string of the molecule is C=C[C@@]1(C)CC(O)[C@]2(O)[C@@]3(C)[C@@H](O)CCC(C)(C)[C@@H]3[C@H](OC(C)=O)[C@H](O)[C@@]2(C)O1. The third-order valence-electron chi connectivity index (χ3n) is 8.28. The number of esters is 1. The molecule has 1 unspecified atom stereocenters. The molecule has 0 radical (unpaired) electrons. The van der Waals surface area contributed by atoms with Crippen LogP contribution in [0.4, 0.5) is 0 Å². The average Bonchev–Trinajstić information content (AvgIpc) is 2.60. The van der Waals surface area contributed by atoms with Crippen molar-refractivity contribution in [2.45, 2.75) is 102 Å². The summed E-state index contributed by atoms with van der Waals surface area (Å²) in [6.45, 7) is 13.9. The number of carbonyl (C=O) groups excluding carboxylic acids is 1. The Kier molecular flexibility index (Phi) is 5.09. The minimum absolute atomic E-state index is 0.0585. The van der Waals surface area contributed by atoms with Gasteiger partial charge in [0.1, 0.15) is 23.4 Å². The van der Waals surface area contributed by atoms with Crippen molar-refractivity contribution in [1.29, 1.82) is 0 Å². The van der Waals surface area contributed by atoms with Gasteiger partial charge in [0.15, 0.2) is 0 Å². The summed E-state index contributed by atoms with van der Waals surface area (Å²) in [6.07, 6.45) is -2.11. The zero-order chi connectivity index (χ0) is 22.2. The minimum Gasteiger partial charge on any atom is -0.459 e. The predicted octanol–water partition coefficient (Wildman–Crippen LogP) is 1.31. The highest BCUT2D eigenvalue weighted by Gasteiger charge is 2.80. The molecule has 1 aliphatic heterocycles. The first-order chi connectivity index (χ1) is 13.1. The molecule has 0 bridgehead atoms. The zero-order valence-corrected chi connectivity index (χ0v) is 18.3. The van der Waals surface area contributed by atoms with Crippen molar-refractivity contribution in [1.82, 2.24) is 0 Å². The average molecular weight is 413 g/mol. The molecule has 3 rings (SSSR count). The maximum absolute atomic E-state index is 12.2. The third kappa shape index (κ3) is 2.71. The Morgan fingerprint density at radius 2 is 1.72 bits per heavy atom. The van der Waals surface area contributed by atoms with Gasteiger partial charge in [-0.25, -0.2) is 0 Å². The van der Waals surface area contributed by atoms with Crippen molar-refractivity contribution in [3.8, 4) is 0 Å². The molecule has 4 N–H and O–H groups in total. The van der Waals surface area contributed by atoms with E-state index >= 15 is 0 Å². The molecule has 7 nitrogen and oxygen atoms in total. The van der Waals surface area contributed by atoms with Gasteiger partial charge in [-0.3, -0.25) is 4.79 Å². The number of carbonyl (C=O) groups is 1. The molecular weight excluding hydrogens is 376 g/mol. The Labute approximate surface area is 172 Å². The van der Waals surface area contributed by atoms with Crippen LogP contribution in [-0.4, -0.2) is 67.6 Å². The number of rotatable bonds is 2. The molecule has 1 saturated heterocycles. The second kappa shape index (κ2) is 6.50. The first-order valence-corrected chi connectivity index (χ1v) is 10.4. The number of aliphatic hydroxyl groups excluding tert-OH is 3. The molecule has 166 valence electrons. The molecular formula is C22H36O7. The molecule has 0 aromatic rings. The molecule has 0 spiro atoms. The summed E-state index contributed by atoms with van der Waals surface area (Å²) in [7, 11) is 0. The molecule has 7 heteroatoms. The largest absolute Gasteiger partial charge is 0.459 e. The second-order valence-corrected chi connectivity index (χ2v) is 10.5. The van der Waals surface area contributed by atoms with E-state index in [2.05, 4.69) is 6.58 Å². The second-order valence-electron chi connectivity index (χ2n) is 10.5. The van der Waals surface area contributed by atoms with E-state index in [9.17, 15) is 25.2 Å². The summed E-state index contributed by atoms with van der Waals surface area (Å²) in [5.74, 6) is -1.17. The summed E-state index contributed by atoms with van der Waals surface area (Å²) in [5.41, 5.74) is -6.50. The lowest BCUT2D eigenvalue weighted by Crippen LogP contribution is -2.87. The minimum atomic E-state index is -1.99. The Morgan fingerprint density at radius 3 is 2.24 bits per heavy atom. The third-order valence-corrected chi connectivity index (χ3v) is 8.28. The van der Waals surface area contributed by atoms with Gasteiger partial charge in [-0.15, -0.1) is 6.58 Å². The molecule has 1 heterocycles. The Bertz CT molecular complexity index is 707. The van der Waals surface area contributed by atoms with Crippen molar-refractivity contribution >= 4 is 5.97 Å². The molecule has 3 fully saturated rings. The van der Waals surface area contributed by atoms with E-state index in [1.807, 2.05) is 13.8 Å². The lowest BCUT2D eigenvalue weighted by atomic mass is 9.39. The van der Waals surface area contributed by atoms with Crippen molar-refractivity contribution in [3.05, 3.63) is 12.7 Å². The summed E-state index contributed by atoms with van der Waals surface area (Å²) < 4.78 is 11.9. The van der Waals surface area contributed by atoms with Crippen LogP contribution in [0, 0.1) is 16.7 Å². The van der Waals surface area contributed by atoms with Gasteiger partial charge in [0.05, 0.1) is 17.8 Å². The lowest BCUT2D eigenvalue weighted by Gasteiger charge is -2.73. The quantitative estimate of drug-likeness (QED) is 0.399. The van der Waals surface area contributed by atoms with Crippen molar-refractivity contribution < 1.29 is 34.7 Å². The van der Waals surface area contributed by atoms with E-state index in [4.69, 9.17) is 9.47 Å². The highest BCUT2D eigenvalue weighted by molar-refractivity contribution is 5.66. The number of aliphatic hydroxyl groups is 4. The van der Waals surface area contributed by atoms with Crippen LogP contribution in [0.5, 0.6) is 0 Å². The van der Waals surface area contributed by atoms with Gasteiger partial charge in [-0.2, -0.15) is 0 Å². The van der Waals surface area contributed by atoms with Gasteiger partial charge in [-0.1, -0.05) is 26.8 Å². The molecule has 9 atom stereocenters. The van der Waals surface area contributed by atoms with Crippen LogP contribution in [0.3, 0.4) is 0 Å². The Hall–Kier alpha value is -0.990. The fourth-order valence-electron chi connectivity index (χ4n) is 6.85. The van der Waals surface area contributed by atoms with E-state index in [0.717, 1.165) is 0 Å². The monoisotopic (exact) mass is 412 g/mol. The van der Waals surface area contributed by atoms with Gasteiger partial charge >= 0.3 is 5.97 Å². The number of hydrogen-bond donors (Lipinski definition) is 4. The normalized spacial score (nSPS) is 54.1. The van der Waals surface area contributed by atoms with Crippen LogP contribution < -0.4 is 0 Å². The molecule has 3 aliphatic rings. The highest BCUT2D eigenvalue weighted by Crippen LogP contribution is 2.67. The fraction of sp³-hybridized carbons (Fsp3) is 0.864. The van der Waals surface area contributed by atoms with Crippen LogP contribution in [0.1, 0.15) is 60.8 Å². The lowest BCUT2D eigenvalue weighted by molar-refractivity contribution is -0.412. The number of hydrogen-bond acceptors (Lipinski definition) is 7. The van der Waals surface area contributed by atoms with E-state index in [1.54, 1.807) is 13.8 Å². The standard InChI is InChI=1S/C22H36O7/c1-8-19(5)11-14(25)22(27)20(6)13(24)9-10-18(3,4)16(20)15(28-12(2)23)17(26)21(22,7)29-19/h8,13-17,24-27H,1,9-11H2,2-7H3/t13-,14?,15-,16-,17-,19-,20-,21+,22-/m0/s1. The maximum atomic E-state index is 12.2. The predicted molar refractivity (Wildman–Crippen MR) is 106 cm³/mol. The van der Waals surface area contributed by atoms with E-state index in [-0.39, 0.29) is 6.42 Å². The molecule has 2 saturated carbocycles. The molecule has 2 aliphatic carbocycles. The molecule has 29 heavy (non-hydrogen) atoms. The summed E-state index contributed by atoms with van der Waals surface area (Å²) in [6, 6.07) is 0. The summed E-state index contributed by atoms with van der Waals surface area (Å²) >= 11 is 0. The topological polar surface area (TPSA) is 116 Å². The van der Waals surface area contributed by atoms with Crippen LogP contribution >= 0.6 is 0 Å². The van der Waals surface area contributed by atoms with E-state index in [0.29, 0.717) is 12.8 Å². The first-order valence-electron chi connectivity index (χ1n) is 10.4. The van der Waals surface area contributed by atoms with Gasteiger partial charge in [0, 0.05) is 24.7 Å². The summed E-state index contributed by atoms with van der Waals surface area (Å²) in [5, 5.41) is 46.1. The van der Waals surface area contributed by atoms with Crippen molar-refractivity contribution in [3.63, 3.8) is 0 Å². The van der Waals surface area contributed by atoms with Crippen molar-refractivity contribution in [2.24, 2.45) is 16.7 Å². The van der Waals surface area contributed by atoms with Crippen LogP contribution in [0.15, 0.2) is 12.7 Å². The van der Waals surface area contributed by atoms with Crippen LogP contribution in [-0.2, 0) is 14.3 Å². The zero-order valence-electron chi connectivity index (χ0n) is 18.3. The Balaban J connectivity index is 2.30. The molecule has 0 amide bonds. The van der Waals surface area contributed by atoms with Crippen molar-refractivity contribution in [2.75, 3.05) is 0 Å². The van der Waals surface area contributed by atoms with Crippen LogP contribution in [0.25, 0.3) is 0 Å². The molecule has 0 aromatic heterocycles.